The summed E-state index contributed by atoms with van der Waals surface area (Å²) in [4.78, 5) is 20.4. The van der Waals surface area contributed by atoms with E-state index in [0.717, 1.165) is 86.4 Å². The first-order chi connectivity index (χ1) is 19.5. The standard InChI is InChI=1S/C29H32N10O/c1-36-12-14-38(15-13-36)29-32-20-39(35-29)24-4-2-23(3-5-24)33-28-31-9-6-27(34-28)22-16-21(19-30)17-25(18-22)37-10-7-26(40)8-11-37/h2-6,9,16-18,20,26,40H,7-8,10-15H2,1H3,(H,31,33,34). The lowest BCUT2D eigenvalue weighted by Gasteiger charge is -2.31. The summed E-state index contributed by atoms with van der Waals surface area (Å²) in [7, 11) is 2.13. The first kappa shape index (κ1) is 25.7. The van der Waals surface area contributed by atoms with Crippen LogP contribution in [0.1, 0.15) is 18.4 Å². The van der Waals surface area contributed by atoms with E-state index in [4.69, 9.17) is 4.98 Å². The fourth-order valence-electron chi connectivity index (χ4n) is 5.07. The van der Waals surface area contributed by atoms with Crippen LogP contribution in [0.2, 0.25) is 0 Å². The van der Waals surface area contributed by atoms with Crippen LogP contribution in [0, 0.1) is 11.3 Å². The molecule has 4 aromatic rings. The van der Waals surface area contributed by atoms with Gasteiger partial charge in [-0.1, -0.05) is 0 Å². The summed E-state index contributed by atoms with van der Waals surface area (Å²) >= 11 is 0. The molecule has 2 saturated heterocycles. The molecule has 0 saturated carbocycles. The lowest BCUT2D eigenvalue weighted by molar-refractivity contribution is 0.145. The Bertz CT molecular complexity index is 1500. The minimum absolute atomic E-state index is 0.254. The molecule has 40 heavy (non-hydrogen) atoms. The molecule has 2 aromatic carbocycles. The van der Waals surface area contributed by atoms with Crippen LogP contribution in [-0.4, -0.2) is 87.2 Å². The molecule has 11 heteroatoms. The maximum Gasteiger partial charge on any atom is 0.245 e. The summed E-state index contributed by atoms with van der Waals surface area (Å²) in [5.74, 6) is 1.22. The van der Waals surface area contributed by atoms with Crippen molar-refractivity contribution in [3.63, 3.8) is 0 Å². The van der Waals surface area contributed by atoms with Gasteiger partial charge in [-0.05, 0) is 68.4 Å². The Morgan fingerprint density at radius 2 is 1.68 bits per heavy atom. The number of piperidine rings is 1. The molecule has 0 atom stereocenters. The number of benzene rings is 2. The van der Waals surface area contributed by atoms with Gasteiger partial charge in [0.05, 0.1) is 29.1 Å². The first-order valence-corrected chi connectivity index (χ1v) is 13.6. The number of aliphatic hydroxyl groups excluding tert-OH is 1. The number of hydrogen-bond acceptors (Lipinski definition) is 10. The van der Waals surface area contributed by atoms with E-state index in [1.165, 1.54) is 0 Å². The Kier molecular flexibility index (Phi) is 7.27. The van der Waals surface area contributed by atoms with Gasteiger partial charge in [0, 0.05) is 62.4 Å². The van der Waals surface area contributed by atoms with E-state index in [1.54, 1.807) is 17.2 Å². The second-order valence-electron chi connectivity index (χ2n) is 10.3. The fraction of sp³-hybridized carbons (Fsp3) is 0.345. The number of aliphatic hydroxyl groups is 1. The Balaban J connectivity index is 1.16. The Labute approximate surface area is 233 Å². The van der Waals surface area contributed by atoms with Crippen LogP contribution < -0.4 is 15.1 Å². The van der Waals surface area contributed by atoms with Crippen LogP contribution in [0.4, 0.5) is 23.3 Å². The quantitative estimate of drug-likeness (QED) is 0.380. The minimum Gasteiger partial charge on any atom is -0.393 e. The van der Waals surface area contributed by atoms with E-state index in [0.29, 0.717) is 11.5 Å². The lowest BCUT2D eigenvalue weighted by atomic mass is 10.0. The highest BCUT2D eigenvalue weighted by Crippen LogP contribution is 2.28. The van der Waals surface area contributed by atoms with Crippen LogP contribution in [0.25, 0.3) is 16.9 Å². The molecule has 2 fully saturated rings. The van der Waals surface area contributed by atoms with Gasteiger partial charge in [-0.25, -0.2) is 14.6 Å². The summed E-state index contributed by atoms with van der Waals surface area (Å²) < 4.78 is 1.79. The highest BCUT2D eigenvalue weighted by Gasteiger charge is 2.19. The second-order valence-corrected chi connectivity index (χ2v) is 10.3. The van der Waals surface area contributed by atoms with E-state index < -0.39 is 0 Å². The molecule has 2 N–H and O–H groups in total. The third-order valence-corrected chi connectivity index (χ3v) is 7.48. The zero-order valence-electron chi connectivity index (χ0n) is 22.5. The zero-order valence-corrected chi connectivity index (χ0v) is 22.5. The number of rotatable bonds is 6. The van der Waals surface area contributed by atoms with Crippen LogP contribution >= 0.6 is 0 Å². The fourth-order valence-corrected chi connectivity index (χ4v) is 5.07. The van der Waals surface area contributed by atoms with Gasteiger partial charge >= 0.3 is 0 Å². The Morgan fingerprint density at radius 1 is 0.900 bits per heavy atom. The maximum absolute atomic E-state index is 9.88. The smallest absolute Gasteiger partial charge is 0.245 e. The predicted molar refractivity (Wildman–Crippen MR) is 154 cm³/mol. The summed E-state index contributed by atoms with van der Waals surface area (Å²) in [6.07, 6.45) is 4.65. The van der Waals surface area contributed by atoms with Gasteiger partial charge < -0.3 is 25.1 Å². The third-order valence-electron chi connectivity index (χ3n) is 7.48. The van der Waals surface area contributed by atoms with Crippen molar-refractivity contribution in [1.82, 2.24) is 29.6 Å². The van der Waals surface area contributed by atoms with Crippen molar-refractivity contribution in [2.24, 2.45) is 0 Å². The van der Waals surface area contributed by atoms with E-state index >= 15 is 0 Å². The summed E-state index contributed by atoms with van der Waals surface area (Å²) in [5.41, 5.74) is 4.88. The van der Waals surface area contributed by atoms with E-state index in [2.05, 4.69) is 48.2 Å². The molecular weight excluding hydrogens is 504 g/mol. The van der Waals surface area contributed by atoms with Gasteiger partial charge in [0.15, 0.2) is 0 Å². The molecule has 2 aliphatic heterocycles. The van der Waals surface area contributed by atoms with Crippen molar-refractivity contribution >= 4 is 23.3 Å². The number of nitrogens with zero attached hydrogens (tertiary/aromatic N) is 9. The number of hydrogen-bond donors (Lipinski definition) is 2. The number of nitrogens with one attached hydrogen (secondary N) is 1. The predicted octanol–water partition coefficient (Wildman–Crippen LogP) is 3.05. The largest absolute Gasteiger partial charge is 0.393 e. The highest BCUT2D eigenvalue weighted by atomic mass is 16.3. The second kappa shape index (κ2) is 11.3. The molecule has 0 radical (unpaired) electrons. The molecule has 0 bridgehead atoms. The number of aromatic nitrogens is 5. The van der Waals surface area contributed by atoms with Gasteiger partial charge in [-0.3, -0.25) is 0 Å². The van der Waals surface area contributed by atoms with Crippen molar-refractivity contribution in [2.75, 3.05) is 61.4 Å². The van der Waals surface area contributed by atoms with Crippen molar-refractivity contribution in [1.29, 1.82) is 5.26 Å². The molecule has 2 aromatic heterocycles. The molecule has 0 aliphatic carbocycles. The topological polar surface area (TPSA) is 122 Å². The normalized spacial score (nSPS) is 16.6. The molecule has 2 aliphatic rings. The summed E-state index contributed by atoms with van der Waals surface area (Å²) in [5, 5.41) is 27.5. The van der Waals surface area contributed by atoms with E-state index in [1.807, 2.05) is 48.5 Å². The van der Waals surface area contributed by atoms with Crippen LogP contribution in [0.5, 0.6) is 0 Å². The number of piperazine rings is 1. The molecule has 0 spiro atoms. The molecular formula is C29H32N10O. The van der Waals surface area contributed by atoms with Crippen molar-refractivity contribution in [2.45, 2.75) is 18.9 Å². The highest BCUT2D eigenvalue weighted by molar-refractivity contribution is 5.70. The third kappa shape index (κ3) is 5.73. The van der Waals surface area contributed by atoms with Gasteiger partial charge in [0.2, 0.25) is 11.9 Å². The number of likely N-dealkylation sites (N-methyl/N-ethyl adjacent to an activating group) is 1. The van der Waals surface area contributed by atoms with E-state index in [9.17, 15) is 10.4 Å². The van der Waals surface area contributed by atoms with E-state index in [-0.39, 0.29) is 6.10 Å². The average Bonchev–Trinajstić information content (AvgIpc) is 3.49. The molecule has 6 rings (SSSR count). The molecule has 11 nitrogen and oxygen atoms in total. The SMILES string of the molecule is CN1CCN(c2ncn(-c3ccc(Nc4nccc(-c5cc(C#N)cc(N6CCC(O)CC6)c5)n4)cc3)n2)CC1. The molecule has 204 valence electrons. The Hall–Kier alpha value is -4.53. The summed E-state index contributed by atoms with van der Waals surface area (Å²) in [6, 6.07) is 17.8. The Morgan fingerprint density at radius 3 is 2.42 bits per heavy atom. The van der Waals surface area contributed by atoms with Crippen molar-refractivity contribution < 1.29 is 5.11 Å². The van der Waals surface area contributed by atoms with Gasteiger partial charge in [-0.2, -0.15) is 10.2 Å². The van der Waals surface area contributed by atoms with Crippen molar-refractivity contribution in [3.8, 4) is 23.0 Å². The van der Waals surface area contributed by atoms with Gasteiger partial charge in [-0.15, -0.1) is 5.10 Å². The van der Waals surface area contributed by atoms with Crippen LogP contribution in [0.3, 0.4) is 0 Å². The minimum atomic E-state index is -0.254. The average molecular weight is 537 g/mol. The lowest BCUT2D eigenvalue weighted by Crippen LogP contribution is -2.45. The van der Waals surface area contributed by atoms with Gasteiger partial charge in [0.25, 0.3) is 0 Å². The zero-order chi connectivity index (χ0) is 27.5. The van der Waals surface area contributed by atoms with Crippen LogP contribution in [-0.2, 0) is 0 Å². The molecule has 0 amide bonds. The number of anilines is 4. The maximum atomic E-state index is 9.88. The molecule has 4 heterocycles. The first-order valence-electron chi connectivity index (χ1n) is 13.6. The van der Waals surface area contributed by atoms with Gasteiger partial charge in [0.1, 0.15) is 6.33 Å². The van der Waals surface area contributed by atoms with Crippen LogP contribution in [0.15, 0.2) is 61.1 Å². The monoisotopic (exact) mass is 536 g/mol. The van der Waals surface area contributed by atoms with Crippen molar-refractivity contribution in [3.05, 3.63) is 66.6 Å². The number of nitriles is 1. The summed E-state index contributed by atoms with van der Waals surface area (Å²) in [6.45, 7) is 5.38. The molecule has 0 unspecified atom stereocenters.